The summed E-state index contributed by atoms with van der Waals surface area (Å²) in [5, 5.41) is 8.29. The molecule has 2 aliphatic rings. The number of morpholine rings is 1. The van der Waals surface area contributed by atoms with Crippen molar-refractivity contribution >= 4 is 33.9 Å². The number of nitrogens with zero attached hydrogens (tertiary/aromatic N) is 2. The van der Waals surface area contributed by atoms with E-state index in [1.165, 1.54) is 25.1 Å². The first-order chi connectivity index (χ1) is 18.8. The molecule has 5 rings (SSSR count). The van der Waals surface area contributed by atoms with Crippen LogP contribution in [0.5, 0.6) is 5.75 Å². The summed E-state index contributed by atoms with van der Waals surface area (Å²) in [5.74, 6) is 1.37. The maximum absolute atomic E-state index is 13.1. The number of amides is 2. The third-order valence-electron chi connectivity index (χ3n) is 8.04. The van der Waals surface area contributed by atoms with Crippen molar-refractivity contribution in [1.29, 1.82) is 0 Å². The quantitative estimate of drug-likeness (QED) is 0.389. The van der Waals surface area contributed by atoms with Gasteiger partial charge in [0.15, 0.2) is 0 Å². The highest BCUT2D eigenvalue weighted by Crippen LogP contribution is 2.35. The molecule has 0 unspecified atom stereocenters. The fourth-order valence-electron chi connectivity index (χ4n) is 5.72. The van der Waals surface area contributed by atoms with Crippen molar-refractivity contribution in [3.63, 3.8) is 0 Å². The number of nitrogens with one attached hydrogen (secondary N) is 2. The molecule has 208 valence electrons. The number of methoxy groups -OCH3 is 1. The van der Waals surface area contributed by atoms with E-state index in [-0.39, 0.29) is 11.4 Å². The van der Waals surface area contributed by atoms with Crippen LogP contribution in [-0.4, -0.2) is 64.0 Å². The Morgan fingerprint density at radius 3 is 2.31 bits per heavy atom. The molecule has 3 aromatic carbocycles. The number of hydrogen-bond donors (Lipinski definition) is 2. The lowest BCUT2D eigenvalue weighted by atomic mass is 9.87. The van der Waals surface area contributed by atoms with Crippen molar-refractivity contribution in [3.8, 4) is 5.75 Å². The number of carbonyl (C=O) groups excluding carboxylic acids is 1. The maximum Gasteiger partial charge on any atom is 0.323 e. The summed E-state index contributed by atoms with van der Waals surface area (Å²) in [5.41, 5.74) is 3.77. The highest BCUT2D eigenvalue weighted by Gasteiger charge is 2.24. The lowest BCUT2D eigenvalue weighted by Gasteiger charge is -2.37. The molecule has 7 heteroatoms. The maximum atomic E-state index is 13.1. The minimum Gasteiger partial charge on any atom is -0.495 e. The largest absolute Gasteiger partial charge is 0.495 e. The zero-order chi connectivity index (χ0) is 27.4. The van der Waals surface area contributed by atoms with Crippen LogP contribution in [0.15, 0.2) is 54.6 Å². The third-order valence-corrected chi connectivity index (χ3v) is 8.04. The number of fused-ring (bicyclic) bond motifs is 1. The predicted octanol–water partition coefficient (Wildman–Crippen LogP) is 6.34. The Hall–Kier alpha value is -3.29. The SMILES string of the molecule is COc1ccc(C(C)(C)C)cc1NC(=O)Nc1ccc(N2CCC(CN3CCOCC3)CC2)c2ccccc12. The van der Waals surface area contributed by atoms with Crippen LogP contribution < -0.4 is 20.3 Å². The Kier molecular flexibility index (Phi) is 8.29. The van der Waals surface area contributed by atoms with E-state index in [1.54, 1.807) is 7.11 Å². The van der Waals surface area contributed by atoms with Crippen LogP contribution in [0.3, 0.4) is 0 Å². The molecule has 0 radical (unpaired) electrons. The summed E-state index contributed by atoms with van der Waals surface area (Å²) in [7, 11) is 1.62. The molecule has 2 saturated heterocycles. The highest BCUT2D eigenvalue weighted by atomic mass is 16.5. The lowest BCUT2D eigenvalue weighted by Crippen LogP contribution is -2.43. The van der Waals surface area contributed by atoms with Gasteiger partial charge in [-0.2, -0.15) is 0 Å². The minimum atomic E-state index is -0.291. The van der Waals surface area contributed by atoms with Gasteiger partial charge in [0.05, 0.1) is 31.7 Å². The van der Waals surface area contributed by atoms with Gasteiger partial charge in [-0.05, 0) is 54.0 Å². The fraction of sp³-hybridized carbons (Fsp3) is 0.469. The molecule has 0 spiro atoms. The number of urea groups is 1. The van der Waals surface area contributed by atoms with E-state index >= 15 is 0 Å². The van der Waals surface area contributed by atoms with Crippen LogP contribution in [0.2, 0.25) is 0 Å². The zero-order valence-corrected chi connectivity index (χ0v) is 23.8. The molecule has 7 nitrogen and oxygen atoms in total. The van der Waals surface area contributed by atoms with E-state index in [1.807, 2.05) is 30.3 Å². The molecule has 0 atom stereocenters. The molecule has 2 aliphatic heterocycles. The first-order valence-corrected chi connectivity index (χ1v) is 14.1. The predicted molar refractivity (Wildman–Crippen MR) is 160 cm³/mol. The highest BCUT2D eigenvalue weighted by molar-refractivity contribution is 6.09. The summed E-state index contributed by atoms with van der Waals surface area (Å²) < 4.78 is 11.0. The van der Waals surface area contributed by atoms with Gasteiger partial charge < -0.3 is 25.0 Å². The standard InChI is InChI=1S/C32H42N4O3/c1-32(2,3)24-9-12-30(38-4)28(21-24)34-31(37)33-27-10-11-29(26-8-6-5-7-25(26)27)36-15-13-23(14-16-36)22-35-17-19-39-20-18-35/h5-12,21,23H,13-20,22H2,1-4H3,(H2,33,34,37). The number of hydrogen-bond acceptors (Lipinski definition) is 5. The summed E-state index contributed by atoms with van der Waals surface area (Å²) in [4.78, 5) is 18.2. The lowest BCUT2D eigenvalue weighted by molar-refractivity contribution is 0.0289. The van der Waals surface area contributed by atoms with Gasteiger partial charge in [0.2, 0.25) is 0 Å². The second kappa shape index (κ2) is 11.8. The molecule has 39 heavy (non-hydrogen) atoms. The zero-order valence-electron chi connectivity index (χ0n) is 23.8. The van der Waals surface area contributed by atoms with E-state index in [0.29, 0.717) is 11.4 Å². The van der Waals surface area contributed by atoms with Crippen LogP contribution in [0, 0.1) is 5.92 Å². The van der Waals surface area contributed by atoms with E-state index in [4.69, 9.17) is 9.47 Å². The van der Waals surface area contributed by atoms with Crippen molar-refractivity contribution in [2.24, 2.45) is 5.92 Å². The number of ether oxygens (including phenoxy) is 2. The summed E-state index contributed by atoms with van der Waals surface area (Å²) in [6.07, 6.45) is 2.40. The number of rotatable bonds is 6. The third kappa shape index (κ3) is 6.48. The molecule has 0 aliphatic carbocycles. The molecular formula is C32H42N4O3. The molecule has 3 aromatic rings. The normalized spacial score (nSPS) is 17.3. The molecular weight excluding hydrogens is 488 g/mol. The molecule has 2 heterocycles. The van der Waals surface area contributed by atoms with Gasteiger partial charge in [0.25, 0.3) is 0 Å². The molecule has 2 fully saturated rings. The Morgan fingerprint density at radius 1 is 0.923 bits per heavy atom. The summed E-state index contributed by atoms with van der Waals surface area (Å²) in [6, 6.07) is 18.2. The molecule has 2 amide bonds. The number of anilines is 3. The number of piperidine rings is 1. The van der Waals surface area contributed by atoms with Crippen molar-refractivity contribution in [3.05, 3.63) is 60.2 Å². The van der Waals surface area contributed by atoms with Gasteiger partial charge in [-0.25, -0.2) is 4.79 Å². The van der Waals surface area contributed by atoms with Gasteiger partial charge >= 0.3 is 6.03 Å². The number of carbonyl (C=O) groups is 1. The summed E-state index contributed by atoms with van der Waals surface area (Å²) in [6.45, 7) is 13.6. The average Bonchev–Trinajstić information content (AvgIpc) is 2.94. The molecule has 0 bridgehead atoms. The Labute approximate surface area is 232 Å². The van der Waals surface area contributed by atoms with Gasteiger partial charge in [0.1, 0.15) is 5.75 Å². The van der Waals surface area contributed by atoms with Crippen LogP contribution in [0.4, 0.5) is 21.9 Å². The van der Waals surface area contributed by atoms with Crippen LogP contribution >= 0.6 is 0 Å². The second-order valence-corrected chi connectivity index (χ2v) is 11.8. The van der Waals surface area contributed by atoms with Gasteiger partial charge in [-0.15, -0.1) is 0 Å². The molecule has 0 aromatic heterocycles. The van der Waals surface area contributed by atoms with E-state index in [2.05, 4.69) is 65.5 Å². The van der Waals surface area contributed by atoms with E-state index in [0.717, 1.165) is 67.3 Å². The van der Waals surface area contributed by atoms with E-state index in [9.17, 15) is 4.79 Å². The van der Waals surface area contributed by atoms with Crippen LogP contribution in [0.1, 0.15) is 39.2 Å². The smallest absolute Gasteiger partial charge is 0.323 e. The van der Waals surface area contributed by atoms with E-state index < -0.39 is 0 Å². The fourth-order valence-corrected chi connectivity index (χ4v) is 5.72. The van der Waals surface area contributed by atoms with Gasteiger partial charge in [-0.3, -0.25) is 4.90 Å². The number of benzene rings is 3. The van der Waals surface area contributed by atoms with Crippen molar-refractivity contribution < 1.29 is 14.3 Å². The Morgan fingerprint density at radius 2 is 1.62 bits per heavy atom. The van der Waals surface area contributed by atoms with Crippen molar-refractivity contribution in [2.45, 2.75) is 39.0 Å². The first kappa shape index (κ1) is 27.3. The van der Waals surface area contributed by atoms with Gasteiger partial charge in [-0.1, -0.05) is 51.1 Å². The topological polar surface area (TPSA) is 66.1 Å². The summed E-state index contributed by atoms with van der Waals surface area (Å²) >= 11 is 0. The monoisotopic (exact) mass is 530 g/mol. The molecule has 2 N–H and O–H groups in total. The minimum absolute atomic E-state index is 0.0395. The van der Waals surface area contributed by atoms with Crippen molar-refractivity contribution in [2.75, 3.05) is 68.6 Å². The first-order valence-electron chi connectivity index (χ1n) is 14.1. The van der Waals surface area contributed by atoms with Crippen molar-refractivity contribution in [1.82, 2.24) is 4.90 Å². The second-order valence-electron chi connectivity index (χ2n) is 11.8. The average molecular weight is 531 g/mol. The van der Waals surface area contributed by atoms with Gasteiger partial charge in [0, 0.05) is 49.2 Å². The molecule has 0 saturated carbocycles. The van der Waals surface area contributed by atoms with Crippen LogP contribution in [-0.2, 0) is 10.2 Å². The Balaban J connectivity index is 1.29. The Bertz CT molecular complexity index is 1290. The van der Waals surface area contributed by atoms with Crippen LogP contribution in [0.25, 0.3) is 10.8 Å².